The van der Waals surface area contributed by atoms with Gasteiger partial charge in [-0.15, -0.1) is 0 Å². The quantitative estimate of drug-likeness (QED) is 0.591. The SMILES string of the molecule is CC(C)N(Cc1c(-c2ccccc2)noc1N1CCCCC1)C(=O)c1ccco1. The average molecular weight is 393 g/mol. The fourth-order valence-electron chi connectivity index (χ4n) is 3.81. The van der Waals surface area contributed by atoms with Gasteiger partial charge >= 0.3 is 0 Å². The number of hydrogen-bond donors (Lipinski definition) is 0. The van der Waals surface area contributed by atoms with Gasteiger partial charge in [-0.25, -0.2) is 0 Å². The van der Waals surface area contributed by atoms with Gasteiger partial charge in [0.15, 0.2) is 5.76 Å². The Morgan fingerprint density at radius 2 is 1.86 bits per heavy atom. The van der Waals surface area contributed by atoms with Crippen LogP contribution in [0.1, 0.15) is 49.2 Å². The molecule has 0 spiro atoms. The van der Waals surface area contributed by atoms with E-state index in [2.05, 4.69) is 10.1 Å². The minimum absolute atomic E-state index is 0.000305. The van der Waals surface area contributed by atoms with Crippen LogP contribution in [0.25, 0.3) is 11.3 Å². The van der Waals surface area contributed by atoms with Gasteiger partial charge in [-0.3, -0.25) is 4.79 Å². The second-order valence-electron chi connectivity index (χ2n) is 7.73. The molecule has 1 aromatic carbocycles. The number of rotatable bonds is 6. The minimum Gasteiger partial charge on any atom is -0.459 e. The highest BCUT2D eigenvalue weighted by atomic mass is 16.5. The van der Waals surface area contributed by atoms with E-state index in [1.165, 1.54) is 12.7 Å². The Morgan fingerprint density at radius 1 is 1.10 bits per heavy atom. The number of carbonyl (C=O) groups is 1. The third-order valence-corrected chi connectivity index (χ3v) is 5.40. The maximum atomic E-state index is 13.1. The molecule has 3 heterocycles. The topological polar surface area (TPSA) is 62.7 Å². The zero-order valence-electron chi connectivity index (χ0n) is 17.0. The molecule has 1 fully saturated rings. The average Bonchev–Trinajstić information content (AvgIpc) is 3.43. The number of furan rings is 1. The fraction of sp³-hybridized carbons (Fsp3) is 0.391. The summed E-state index contributed by atoms with van der Waals surface area (Å²) >= 11 is 0. The summed E-state index contributed by atoms with van der Waals surface area (Å²) in [6, 6.07) is 13.4. The number of benzene rings is 1. The predicted molar refractivity (Wildman–Crippen MR) is 112 cm³/mol. The van der Waals surface area contributed by atoms with Crippen LogP contribution in [-0.2, 0) is 6.54 Å². The molecular weight excluding hydrogens is 366 g/mol. The second kappa shape index (κ2) is 8.55. The third-order valence-electron chi connectivity index (χ3n) is 5.40. The minimum atomic E-state index is -0.130. The monoisotopic (exact) mass is 393 g/mol. The van der Waals surface area contributed by atoms with E-state index < -0.39 is 0 Å². The number of aromatic nitrogens is 1. The molecule has 0 saturated carbocycles. The van der Waals surface area contributed by atoms with E-state index >= 15 is 0 Å². The maximum absolute atomic E-state index is 13.1. The van der Waals surface area contributed by atoms with Crippen molar-refractivity contribution in [2.45, 2.75) is 45.7 Å². The highest BCUT2D eigenvalue weighted by molar-refractivity contribution is 5.91. The molecule has 0 unspecified atom stereocenters. The fourth-order valence-corrected chi connectivity index (χ4v) is 3.81. The number of piperidine rings is 1. The van der Waals surface area contributed by atoms with Crippen LogP contribution in [-0.4, -0.2) is 35.1 Å². The summed E-state index contributed by atoms with van der Waals surface area (Å²) in [5.41, 5.74) is 2.74. The van der Waals surface area contributed by atoms with E-state index in [1.807, 2.05) is 49.1 Å². The van der Waals surface area contributed by atoms with Crippen molar-refractivity contribution in [1.29, 1.82) is 0 Å². The first-order valence-corrected chi connectivity index (χ1v) is 10.3. The largest absolute Gasteiger partial charge is 0.459 e. The van der Waals surface area contributed by atoms with Gasteiger partial charge in [0, 0.05) is 24.7 Å². The molecule has 1 aliphatic heterocycles. The summed E-state index contributed by atoms with van der Waals surface area (Å²) in [6.07, 6.45) is 5.04. The van der Waals surface area contributed by atoms with Gasteiger partial charge in [-0.05, 0) is 45.2 Å². The van der Waals surface area contributed by atoms with E-state index in [0.29, 0.717) is 12.3 Å². The van der Waals surface area contributed by atoms with Crippen LogP contribution in [0, 0.1) is 0 Å². The van der Waals surface area contributed by atoms with Crippen LogP contribution in [0.3, 0.4) is 0 Å². The van der Waals surface area contributed by atoms with Crippen molar-refractivity contribution in [3.63, 3.8) is 0 Å². The maximum Gasteiger partial charge on any atom is 0.290 e. The highest BCUT2D eigenvalue weighted by Crippen LogP contribution is 2.34. The number of carbonyl (C=O) groups excluding carboxylic acids is 1. The molecule has 0 atom stereocenters. The smallest absolute Gasteiger partial charge is 0.290 e. The molecular formula is C23H27N3O3. The van der Waals surface area contributed by atoms with Crippen LogP contribution < -0.4 is 4.90 Å². The molecule has 0 aliphatic carbocycles. The summed E-state index contributed by atoms with van der Waals surface area (Å²) in [7, 11) is 0. The van der Waals surface area contributed by atoms with Crippen LogP contribution in [0.5, 0.6) is 0 Å². The lowest BCUT2D eigenvalue weighted by molar-refractivity contribution is 0.0658. The predicted octanol–water partition coefficient (Wildman–Crippen LogP) is 4.98. The highest BCUT2D eigenvalue weighted by Gasteiger charge is 2.29. The molecule has 0 N–H and O–H groups in total. The van der Waals surface area contributed by atoms with Gasteiger partial charge in [0.05, 0.1) is 18.4 Å². The summed E-state index contributed by atoms with van der Waals surface area (Å²) < 4.78 is 11.2. The molecule has 2 aromatic heterocycles. The molecule has 4 rings (SSSR count). The van der Waals surface area contributed by atoms with E-state index in [-0.39, 0.29) is 11.9 Å². The third kappa shape index (κ3) is 4.06. The molecule has 6 heteroatoms. The van der Waals surface area contributed by atoms with E-state index in [1.54, 1.807) is 12.1 Å². The number of anilines is 1. The van der Waals surface area contributed by atoms with Crippen LogP contribution >= 0.6 is 0 Å². The van der Waals surface area contributed by atoms with Gasteiger partial charge in [0.25, 0.3) is 5.91 Å². The van der Waals surface area contributed by atoms with Crippen molar-refractivity contribution in [3.05, 3.63) is 60.1 Å². The van der Waals surface area contributed by atoms with Crippen molar-refractivity contribution >= 4 is 11.8 Å². The van der Waals surface area contributed by atoms with Crippen molar-refractivity contribution in [2.24, 2.45) is 0 Å². The molecule has 6 nitrogen and oxygen atoms in total. The number of hydrogen-bond acceptors (Lipinski definition) is 5. The summed E-state index contributed by atoms with van der Waals surface area (Å²) in [5, 5.41) is 4.42. The summed E-state index contributed by atoms with van der Waals surface area (Å²) in [6.45, 7) is 6.33. The first-order chi connectivity index (χ1) is 14.1. The molecule has 1 saturated heterocycles. The standard InChI is InChI=1S/C23H27N3O3/c1-17(2)26(22(27)20-12-9-15-28-20)16-19-21(18-10-5-3-6-11-18)24-29-23(19)25-13-7-4-8-14-25/h3,5-6,9-12,15,17H,4,7-8,13-14,16H2,1-2H3. The summed E-state index contributed by atoms with van der Waals surface area (Å²) in [4.78, 5) is 17.1. The first kappa shape index (κ1) is 19.3. The zero-order valence-corrected chi connectivity index (χ0v) is 17.0. The van der Waals surface area contributed by atoms with Gasteiger partial charge in [-0.1, -0.05) is 35.5 Å². The normalized spacial score (nSPS) is 14.4. The Balaban J connectivity index is 1.73. The Hall–Kier alpha value is -3.02. The van der Waals surface area contributed by atoms with Gasteiger partial charge in [0.2, 0.25) is 5.88 Å². The second-order valence-corrected chi connectivity index (χ2v) is 7.73. The molecule has 152 valence electrons. The summed E-state index contributed by atoms with van der Waals surface area (Å²) in [5.74, 6) is 0.993. The number of amides is 1. The number of nitrogens with zero attached hydrogens (tertiary/aromatic N) is 3. The molecule has 1 aliphatic rings. The van der Waals surface area contributed by atoms with Crippen LogP contribution in [0.4, 0.5) is 5.88 Å². The Labute approximate surface area is 171 Å². The molecule has 3 aromatic rings. The van der Waals surface area contributed by atoms with Crippen LogP contribution in [0.15, 0.2) is 57.7 Å². The molecule has 0 radical (unpaired) electrons. The molecule has 0 bridgehead atoms. The van der Waals surface area contributed by atoms with E-state index in [0.717, 1.165) is 48.6 Å². The van der Waals surface area contributed by atoms with Crippen molar-refractivity contribution in [1.82, 2.24) is 10.1 Å². The van der Waals surface area contributed by atoms with Crippen molar-refractivity contribution in [2.75, 3.05) is 18.0 Å². The van der Waals surface area contributed by atoms with E-state index in [4.69, 9.17) is 8.94 Å². The first-order valence-electron chi connectivity index (χ1n) is 10.3. The molecule has 29 heavy (non-hydrogen) atoms. The Kier molecular flexibility index (Phi) is 5.69. The Morgan fingerprint density at radius 3 is 2.52 bits per heavy atom. The van der Waals surface area contributed by atoms with Gasteiger partial charge in [-0.2, -0.15) is 0 Å². The molecule has 1 amide bonds. The lowest BCUT2D eigenvalue weighted by Crippen LogP contribution is -2.37. The van der Waals surface area contributed by atoms with Crippen molar-refractivity contribution in [3.8, 4) is 11.3 Å². The zero-order chi connectivity index (χ0) is 20.2. The van der Waals surface area contributed by atoms with Crippen LogP contribution in [0.2, 0.25) is 0 Å². The van der Waals surface area contributed by atoms with Gasteiger partial charge in [0.1, 0.15) is 5.69 Å². The Bertz CT molecular complexity index is 926. The van der Waals surface area contributed by atoms with E-state index in [9.17, 15) is 4.79 Å². The van der Waals surface area contributed by atoms with Crippen molar-refractivity contribution < 1.29 is 13.7 Å². The lowest BCUT2D eigenvalue weighted by atomic mass is 10.0. The van der Waals surface area contributed by atoms with Gasteiger partial charge < -0.3 is 18.7 Å². The lowest BCUT2D eigenvalue weighted by Gasteiger charge is -2.29.